The zero-order valence-electron chi connectivity index (χ0n) is 16.0. The maximum Gasteiger partial charge on any atom is 0.226 e. The predicted octanol–water partition coefficient (Wildman–Crippen LogP) is 3.69. The SMILES string of the molecule is CN=C(NCCCOCC1CC1)NCCC(=O)Nc1cc(Br)ccc1C.I. The van der Waals surface area contributed by atoms with Gasteiger partial charge in [0.2, 0.25) is 5.91 Å². The molecule has 0 aromatic heterocycles. The molecule has 0 bridgehead atoms. The Morgan fingerprint density at radius 2 is 2.04 bits per heavy atom. The number of guanidine groups is 1. The van der Waals surface area contributed by atoms with E-state index in [0.717, 1.165) is 47.8 Å². The number of halogens is 2. The van der Waals surface area contributed by atoms with E-state index in [9.17, 15) is 4.79 Å². The number of aliphatic imine (C=N–C) groups is 1. The molecular formula is C19H30BrIN4O2. The van der Waals surface area contributed by atoms with E-state index in [2.05, 4.69) is 36.9 Å². The molecule has 6 nitrogen and oxygen atoms in total. The highest BCUT2D eigenvalue weighted by molar-refractivity contribution is 14.0. The third-order valence-corrected chi connectivity index (χ3v) is 4.64. The average molecular weight is 553 g/mol. The molecule has 1 saturated carbocycles. The Morgan fingerprint density at radius 1 is 1.30 bits per heavy atom. The summed E-state index contributed by atoms with van der Waals surface area (Å²) in [7, 11) is 1.73. The van der Waals surface area contributed by atoms with Crippen molar-refractivity contribution in [1.82, 2.24) is 10.6 Å². The van der Waals surface area contributed by atoms with Crippen molar-refractivity contribution < 1.29 is 9.53 Å². The van der Waals surface area contributed by atoms with Gasteiger partial charge in [0.05, 0.1) is 0 Å². The summed E-state index contributed by atoms with van der Waals surface area (Å²) in [5.74, 6) is 1.49. The minimum atomic E-state index is -0.0253. The molecule has 0 aliphatic heterocycles. The number of hydrogen-bond donors (Lipinski definition) is 3. The average Bonchev–Trinajstić information content (AvgIpc) is 3.44. The molecule has 0 radical (unpaired) electrons. The van der Waals surface area contributed by atoms with E-state index in [1.165, 1.54) is 12.8 Å². The third-order valence-electron chi connectivity index (χ3n) is 4.15. The van der Waals surface area contributed by atoms with Crippen LogP contribution in [-0.4, -0.2) is 45.2 Å². The van der Waals surface area contributed by atoms with Crippen molar-refractivity contribution in [3.63, 3.8) is 0 Å². The zero-order chi connectivity index (χ0) is 18.8. The van der Waals surface area contributed by atoms with Crippen molar-refractivity contribution in [1.29, 1.82) is 0 Å². The Labute approximate surface area is 187 Å². The monoisotopic (exact) mass is 552 g/mol. The number of aryl methyl sites for hydroxylation is 1. The second-order valence-corrected chi connectivity index (χ2v) is 7.47. The second-order valence-electron chi connectivity index (χ2n) is 6.56. The lowest BCUT2D eigenvalue weighted by atomic mass is 10.2. The van der Waals surface area contributed by atoms with Gasteiger partial charge in [-0.05, 0) is 49.8 Å². The van der Waals surface area contributed by atoms with E-state index in [1.54, 1.807) is 7.05 Å². The standard InChI is InChI=1S/C19H29BrN4O2.HI/c1-14-4-7-16(20)12-17(14)24-18(25)8-10-23-19(21-2)22-9-3-11-26-13-15-5-6-15;/h4,7,12,15H,3,5-6,8-11,13H2,1-2H3,(H,24,25)(H2,21,22,23);1H. The summed E-state index contributed by atoms with van der Waals surface area (Å²) in [6, 6.07) is 5.84. The largest absolute Gasteiger partial charge is 0.381 e. The van der Waals surface area contributed by atoms with Gasteiger partial charge in [-0.15, -0.1) is 24.0 Å². The predicted molar refractivity (Wildman–Crippen MR) is 125 cm³/mol. The van der Waals surface area contributed by atoms with Crippen molar-refractivity contribution in [2.24, 2.45) is 10.9 Å². The number of nitrogens with zero attached hydrogens (tertiary/aromatic N) is 1. The Hall–Kier alpha value is -0.870. The first kappa shape index (κ1) is 24.2. The lowest BCUT2D eigenvalue weighted by molar-refractivity contribution is -0.116. The molecule has 27 heavy (non-hydrogen) atoms. The van der Waals surface area contributed by atoms with E-state index in [-0.39, 0.29) is 29.9 Å². The highest BCUT2D eigenvalue weighted by atomic mass is 127. The number of carbonyl (C=O) groups is 1. The topological polar surface area (TPSA) is 74.8 Å². The van der Waals surface area contributed by atoms with Crippen LogP contribution in [0.3, 0.4) is 0 Å². The molecule has 1 aliphatic rings. The van der Waals surface area contributed by atoms with E-state index in [0.29, 0.717) is 18.9 Å². The molecule has 1 aromatic rings. The molecule has 0 atom stereocenters. The molecule has 8 heteroatoms. The Morgan fingerprint density at radius 3 is 2.74 bits per heavy atom. The molecule has 1 aliphatic carbocycles. The summed E-state index contributed by atoms with van der Waals surface area (Å²) in [5, 5.41) is 9.33. The Bertz CT molecular complexity index is 624. The first-order valence-electron chi connectivity index (χ1n) is 9.16. The molecule has 2 rings (SSSR count). The summed E-state index contributed by atoms with van der Waals surface area (Å²) < 4.78 is 6.55. The number of amides is 1. The molecule has 1 amide bonds. The van der Waals surface area contributed by atoms with Crippen molar-refractivity contribution in [3.05, 3.63) is 28.2 Å². The number of hydrogen-bond acceptors (Lipinski definition) is 3. The number of anilines is 1. The van der Waals surface area contributed by atoms with E-state index < -0.39 is 0 Å². The van der Waals surface area contributed by atoms with Crippen molar-refractivity contribution >= 4 is 57.5 Å². The van der Waals surface area contributed by atoms with Gasteiger partial charge in [-0.2, -0.15) is 0 Å². The molecule has 152 valence electrons. The number of benzene rings is 1. The van der Waals surface area contributed by atoms with Crippen LogP contribution in [0.1, 0.15) is 31.2 Å². The van der Waals surface area contributed by atoms with Crippen LogP contribution < -0.4 is 16.0 Å². The van der Waals surface area contributed by atoms with Gasteiger partial charge >= 0.3 is 0 Å². The van der Waals surface area contributed by atoms with Crippen LogP contribution in [0.2, 0.25) is 0 Å². The number of carbonyl (C=O) groups excluding carboxylic acids is 1. The normalized spacial score (nSPS) is 13.7. The summed E-state index contributed by atoms with van der Waals surface area (Å²) in [6.45, 7) is 4.97. The first-order chi connectivity index (χ1) is 12.6. The minimum Gasteiger partial charge on any atom is -0.381 e. The van der Waals surface area contributed by atoms with Gasteiger partial charge in [0.1, 0.15) is 0 Å². The van der Waals surface area contributed by atoms with Gasteiger partial charge in [0.15, 0.2) is 5.96 Å². The smallest absolute Gasteiger partial charge is 0.226 e. The highest BCUT2D eigenvalue weighted by Crippen LogP contribution is 2.28. The van der Waals surface area contributed by atoms with Gasteiger partial charge in [0.25, 0.3) is 0 Å². The number of nitrogens with one attached hydrogen (secondary N) is 3. The summed E-state index contributed by atoms with van der Waals surface area (Å²) >= 11 is 3.42. The highest BCUT2D eigenvalue weighted by Gasteiger charge is 2.20. The molecular weight excluding hydrogens is 523 g/mol. The van der Waals surface area contributed by atoms with Crippen LogP contribution in [0.15, 0.2) is 27.7 Å². The maximum absolute atomic E-state index is 12.1. The molecule has 3 N–H and O–H groups in total. The van der Waals surface area contributed by atoms with E-state index >= 15 is 0 Å². The molecule has 0 heterocycles. The van der Waals surface area contributed by atoms with Gasteiger partial charge in [-0.1, -0.05) is 22.0 Å². The van der Waals surface area contributed by atoms with Crippen molar-refractivity contribution in [3.8, 4) is 0 Å². The minimum absolute atomic E-state index is 0. The fourth-order valence-electron chi connectivity index (χ4n) is 2.37. The fourth-order valence-corrected chi connectivity index (χ4v) is 2.73. The lowest BCUT2D eigenvalue weighted by Crippen LogP contribution is -2.39. The molecule has 0 spiro atoms. The molecule has 1 aromatic carbocycles. The maximum atomic E-state index is 12.1. The van der Waals surface area contributed by atoms with Gasteiger partial charge < -0.3 is 20.7 Å². The first-order valence-corrected chi connectivity index (χ1v) is 9.96. The Balaban J connectivity index is 0.00000364. The number of rotatable bonds is 10. The van der Waals surface area contributed by atoms with Crippen LogP contribution in [-0.2, 0) is 9.53 Å². The zero-order valence-corrected chi connectivity index (χ0v) is 19.9. The van der Waals surface area contributed by atoms with E-state index in [4.69, 9.17) is 4.74 Å². The van der Waals surface area contributed by atoms with Crippen molar-refractivity contribution in [2.45, 2.75) is 32.6 Å². The lowest BCUT2D eigenvalue weighted by Gasteiger charge is -2.12. The molecule has 0 unspecified atom stereocenters. The third kappa shape index (κ3) is 10.3. The van der Waals surface area contributed by atoms with Gasteiger partial charge in [0, 0.05) is 49.9 Å². The summed E-state index contributed by atoms with van der Waals surface area (Å²) in [4.78, 5) is 16.3. The van der Waals surface area contributed by atoms with Gasteiger partial charge in [-0.3, -0.25) is 9.79 Å². The molecule has 1 fully saturated rings. The second kappa shape index (κ2) is 13.3. The summed E-state index contributed by atoms with van der Waals surface area (Å²) in [6.07, 6.45) is 3.96. The fraction of sp³-hybridized carbons (Fsp3) is 0.579. The molecule has 0 saturated heterocycles. The van der Waals surface area contributed by atoms with Crippen LogP contribution in [0.4, 0.5) is 5.69 Å². The van der Waals surface area contributed by atoms with Gasteiger partial charge in [-0.25, -0.2) is 0 Å². The summed E-state index contributed by atoms with van der Waals surface area (Å²) in [5.41, 5.74) is 1.87. The quantitative estimate of drug-likeness (QED) is 0.179. The van der Waals surface area contributed by atoms with Crippen molar-refractivity contribution in [2.75, 3.05) is 38.7 Å². The van der Waals surface area contributed by atoms with Crippen LogP contribution in [0, 0.1) is 12.8 Å². The van der Waals surface area contributed by atoms with Crippen LogP contribution in [0.25, 0.3) is 0 Å². The van der Waals surface area contributed by atoms with Crippen LogP contribution >= 0.6 is 39.9 Å². The Kier molecular flexibility index (Phi) is 11.9. The van der Waals surface area contributed by atoms with E-state index in [1.807, 2.05) is 25.1 Å². The number of ether oxygens (including phenoxy) is 1. The van der Waals surface area contributed by atoms with Crippen LogP contribution in [0.5, 0.6) is 0 Å².